The maximum absolute atomic E-state index is 12.5. The van der Waals surface area contributed by atoms with E-state index in [0.29, 0.717) is 11.3 Å². The number of aliphatic imine (C=N–C) groups is 1. The third kappa shape index (κ3) is 4.37. The molecule has 2 heterocycles. The second-order valence-electron chi connectivity index (χ2n) is 7.03. The fourth-order valence-electron chi connectivity index (χ4n) is 3.03. The van der Waals surface area contributed by atoms with Crippen molar-refractivity contribution in [1.82, 2.24) is 5.01 Å². The van der Waals surface area contributed by atoms with Crippen LogP contribution in [0.2, 0.25) is 0 Å². The molecule has 0 aromatic heterocycles. The topological polar surface area (TPSA) is 112 Å². The van der Waals surface area contributed by atoms with Gasteiger partial charge in [0.25, 0.3) is 5.91 Å². The highest BCUT2D eigenvalue weighted by Gasteiger charge is 2.39. The Morgan fingerprint density at radius 3 is 2.50 bits per heavy atom. The highest BCUT2D eigenvalue weighted by molar-refractivity contribution is 8.42. The number of benzene rings is 2. The number of nitrogens with one attached hydrogen (secondary N) is 1. The van der Waals surface area contributed by atoms with E-state index in [1.807, 2.05) is 37.3 Å². The van der Waals surface area contributed by atoms with Crippen molar-refractivity contribution in [2.45, 2.75) is 20.0 Å². The molecular weight excluding hydrogens is 448 g/mol. The van der Waals surface area contributed by atoms with E-state index < -0.39 is 15.7 Å². The van der Waals surface area contributed by atoms with E-state index >= 15 is 0 Å². The number of sulfone groups is 1. The molecule has 2 aliphatic rings. The van der Waals surface area contributed by atoms with E-state index in [4.69, 9.17) is 10.1 Å². The van der Waals surface area contributed by atoms with Crippen LogP contribution in [0.1, 0.15) is 31.1 Å². The maximum atomic E-state index is 12.5. The van der Waals surface area contributed by atoms with Gasteiger partial charge in [0.05, 0.1) is 11.3 Å². The Labute approximate surface area is 190 Å². The Morgan fingerprint density at radius 2 is 1.84 bits per heavy atom. The molecule has 0 radical (unpaired) electrons. The summed E-state index contributed by atoms with van der Waals surface area (Å²) in [7, 11) is -3.56. The fourth-order valence-corrected chi connectivity index (χ4v) is 5.19. The number of hydrogen-bond donors (Lipinski definition) is 1. The van der Waals surface area contributed by atoms with Crippen molar-refractivity contribution in [1.29, 1.82) is 5.41 Å². The summed E-state index contributed by atoms with van der Waals surface area (Å²) in [6.07, 6.45) is 1.40. The normalized spacial score (nSPS) is 18.3. The highest BCUT2D eigenvalue weighted by Crippen LogP contribution is 2.30. The number of nitrogens with zero attached hydrogens (tertiary/aromatic N) is 3. The molecule has 2 aromatic carbocycles. The van der Waals surface area contributed by atoms with E-state index in [9.17, 15) is 13.2 Å². The van der Waals surface area contributed by atoms with E-state index in [2.05, 4.69) is 10.1 Å². The molecule has 0 fully saturated rings. The third-order valence-electron chi connectivity index (χ3n) is 4.86. The van der Waals surface area contributed by atoms with Crippen LogP contribution in [0.15, 0.2) is 70.3 Å². The summed E-state index contributed by atoms with van der Waals surface area (Å²) in [6, 6.07) is 17.0. The molecule has 8 nitrogen and oxygen atoms in total. The number of hydrogen-bond acceptors (Lipinski definition) is 7. The Hall–Kier alpha value is -3.24. The first-order chi connectivity index (χ1) is 15.3. The van der Waals surface area contributed by atoms with Gasteiger partial charge in [0.2, 0.25) is 19.4 Å². The fraction of sp³-hybridized carbons (Fsp3) is 0.182. The Balaban J connectivity index is 1.53. The molecule has 0 unspecified atom stereocenters. The Bertz CT molecular complexity index is 1270. The molecule has 0 spiro atoms. The summed E-state index contributed by atoms with van der Waals surface area (Å²) >= 11 is 0.780. The summed E-state index contributed by atoms with van der Waals surface area (Å²) in [5.74, 6) is -0.283. The van der Waals surface area contributed by atoms with E-state index in [0.717, 1.165) is 22.3 Å². The minimum atomic E-state index is -3.56. The van der Waals surface area contributed by atoms with Gasteiger partial charge < -0.3 is 4.74 Å². The lowest BCUT2D eigenvalue weighted by molar-refractivity contribution is -0.114. The van der Waals surface area contributed by atoms with Gasteiger partial charge in [-0.15, -0.1) is 5.10 Å². The quantitative estimate of drug-likeness (QED) is 0.667. The number of carbonyl (C=O) groups is 1. The monoisotopic (exact) mass is 468 g/mol. The zero-order valence-corrected chi connectivity index (χ0v) is 19.0. The summed E-state index contributed by atoms with van der Waals surface area (Å²) in [6.45, 7) is 3.47. The number of amides is 1. The predicted octanol–water partition coefficient (Wildman–Crippen LogP) is 3.84. The van der Waals surface area contributed by atoms with Crippen LogP contribution in [0.3, 0.4) is 0 Å². The van der Waals surface area contributed by atoms with Gasteiger partial charge in [-0.05, 0) is 48.0 Å². The van der Waals surface area contributed by atoms with E-state index in [-0.39, 0.29) is 32.8 Å². The first-order valence-electron chi connectivity index (χ1n) is 9.83. The highest BCUT2D eigenvalue weighted by atomic mass is 32.3. The molecule has 2 aromatic rings. The third-order valence-corrected chi connectivity index (χ3v) is 7.94. The van der Waals surface area contributed by atoms with Gasteiger partial charge in [-0.25, -0.2) is 8.42 Å². The first kappa shape index (κ1) is 22.0. The Morgan fingerprint density at radius 1 is 1.16 bits per heavy atom. The molecule has 2 aliphatic heterocycles. The number of thioether (sulfide) groups is 1. The average molecular weight is 469 g/mol. The molecule has 4 rings (SSSR count). The molecule has 32 heavy (non-hydrogen) atoms. The SMILES string of the molecule is CCS(=O)(=O)C1=NN2C(=N)/C(=C\c3ccc(O[C@@H](C)c4ccccc4)cc3)C(=O)N=C2S1. The van der Waals surface area contributed by atoms with Crippen molar-refractivity contribution in [3.63, 3.8) is 0 Å². The van der Waals surface area contributed by atoms with Crippen molar-refractivity contribution < 1.29 is 17.9 Å². The average Bonchev–Trinajstić information content (AvgIpc) is 3.23. The molecule has 0 aliphatic carbocycles. The largest absolute Gasteiger partial charge is 0.486 e. The van der Waals surface area contributed by atoms with Crippen molar-refractivity contribution in [2.75, 3.05) is 5.75 Å². The summed E-state index contributed by atoms with van der Waals surface area (Å²) in [5.41, 5.74) is 1.76. The lowest BCUT2D eigenvalue weighted by Gasteiger charge is -2.20. The van der Waals surface area contributed by atoms with Gasteiger partial charge >= 0.3 is 0 Å². The standard InChI is InChI=1S/C22H20N4O4S2/c1-3-32(28,29)22-25-26-19(23)18(20(27)24-21(26)31-22)13-15-9-11-17(12-10-15)30-14(2)16-7-5-4-6-8-16/h4-14,23H,3H2,1-2H3/b18-13+,23-19?/t14-/m0/s1. The number of ether oxygens (including phenoxy) is 1. The summed E-state index contributed by atoms with van der Waals surface area (Å²) in [5, 5.41) is 13.5. The van der Waals surface area contributed by atoms with E-state index in [1.54, 1.807) is 24.3 Å². The molecule has 1 N–H and O–H groups in total. The minimum Gasteiger partial charge on any atom is -0.486 e. The van der Waals surface area contributed by atoms with Crippen LogP contribution in [-0.2, 0) is 14.6 Å². The number of fused-ring (bicyclic) bond motifs is 1. The predicted molar refractivity (Wildman–Crippen MR) is 126 cm³/mol. The molecule has 10 heteroatoms. The zero-order valence-electron chi connectivity index (χ0n) is 17.3. The van der Waals surface area contributed by atoms with Crippen LogP contribution in [0.5, 0.6) is 5.75 Å². The lowest BCUT2D eigenvalue weighted by atomic mass is 10.1. The van der Waals surface area contributed by atoms with Crippen LogP contribution in [0.4, 0.5) is 0 Å². The van der Waals surface area contributed by atoms with E-state index in [1.165, 1.54) is 13.0 Å². The molecular formula is C22H20N4O4S2. The van der Waals surface area contributed by atoms with Gasteiger partial charge in [-0.2, -0.15) is 10.0 Å². The number of rotatable bonds is 5. The smallest absolute Gasteiger partial charge is 0.283 e. The molecule has 1 atom stereocenters. The van der Waals surface area contributed by atoms with Crippen LogP contribution in [-0.4, -0.2) is 40.5 Å². The molecule has 1 amide bonds. The van der Waals surface area contributed by atoms with Crippen LogP contribution in [0.25, 0.3) is 6.08 Å². The van der Waals surface area contributed by atoms with Gasteiger partial charge in [0.1, 0.15) is 11.9 Å². The van der Waals surface area contributed by atoms with Crippen LogP contribution < -0.4 is 4.74 Å². The van der Waals surface area contributed by atoms with Crippen molar-refractivity contribution in [3.8, 4) is 5.75 Å². The van der Waals surface area contributed by atoms with Gasteiger partial charge in [0.15, 0.2) is 5.84 Å². The zero-order chi connectivity index (χ0) is 22.9. The second kappa shape index (κ2) is 8.71. The Kier molecular flexibility index (Phi) is 5.98. The number of carbonyl (C=O) groups excluding carboxylic acids is 1. The van der Waals surface area contributed by atoms with Gasteiger partial charge in [-0.3, -0.25) is 10.2 Å². The lowest BCUT2D eigenvalue weighted by Crippen LogP contribution is -2.35. The molecule has 0 saturated carbocycles. The molecule has 164 valence electrons. The number of amidine groups is 2. The van der Waals surface area contributed by atoms with Crippen molar-refractivity contribution >= 4 is 49.0 Å². The number of hydrazone groups is 1. The van der Waals surface area contributed by atoms with Crippen molar-refractivity contribution in [3.05, 3.63) is 71.3 Å². The van der Waals surface area contributed by atoms with Gasteiger partial charge in [0, 0.05) is 0 Å². The molecule has 0 saturated heterocycles. The van der Waals surface area contributed by atoms with Crippen molar-refractivity contribution in [2.24, 2.45) is 10.1 Å². The minimum absolute atomic E-state index is 0.0274. The van der Waals surface area contributed by atoms with Crippen LogP contribution in [0, 0.1) is 5.41 Å². The summed E-state index contributed by atoms with van der Waals surface area (Å²) < 4.78 is 30.0. The molecule has 0 bridgehead atoms. The first-order valence-corrected chi connectivity index (χ1v) is 12.3. The maximum Gasteiger partial charge on any atom is 0.283 e. The second-order valence-corrected chi connectivity index (χ2v) is 10.4. The van der Waals surface area contributed by atoms with Crippen LogP contribution >= 0.6 is 11.8 Å². The summed E-state index contributed by atoms with van der Waals surface area (Å²) in [4.78, 5) is 16.4. The van der Waals surface area contributed by atoms with Gasteiger partial charge in [-0.1, -0.05) is 49.4 Å².